The number of aromatic nitrogens is 1. The molecular weight excluding hydrogens is 340 g/mol. The molecule has 0 radical (unpaired) electrons. The molecule has 0 unspecified atom stereocenters. The monoisotopic (exact) mass is 360 g/mol. The second kappa shape index (κ2) is 6.01. The first-order valence-electron chi connectivity index (χ1n) is 9.33. The van der Waals surface area contributed by atoms with E-state index in [1.807, 2.05) is 35.2 Å². The lowest BCUT2D eigenvalue weighted by Gasteiger charge is -2.25. The molecule has 2 aliphatic heterocycles. The molecule has 0 bridgehead atoms. The molecule has 3 atom stereocenters. The van der Waals surface area contributed by atoms with Crippen LogP contribution in [0.4, 0.5) is 0 Å². The fourth-order valence-corrected chi connectivity index (χ4v) is 4.78. The predicted molar refractivity (Wildman–Crippen MR) is 100 cm³/mol. The van der Waals surface area contributed by atoms with Crippen molar-refractivity contribution in [1.82, 2.24) is 15.2 Å². The van der Waals surface area contributed by atoms with Gasteiger partial charge in [-0.3, -0.25) is 19.6 Å². The third-order valence-corrected chi connectivity index (χ3v) is 6.13. The average Bonchev–Trinajstić information content (AvgIpc) is 3.38. The first kappa shape index (κ1) is 16.2. The molecule has 1 N–H and O–H groups in total. The summed E-state index contributed by atoms with van der Waals surface area (Å²) in [5.74, 6) is 0.996. The molecule has 1 aliphatic carbocycles. The molecule has 27 heavy (non-hydrogen) atoms. The number of rotatable bonds is 2. The number of nitrogens with zero attached hydrogens (tertiary/aromatic N) is 3. The van der Waals surface area contributed by atoms with Gasteiger partial charge in [-0.15, -0.1) is 0 Å². The van der Waals surface area contributed by atoms with Crippen molar-refractivity contribution in [2.45, 2.75) is 18.4 Å². The molecule has 5 rings (SSSR count). The predicted octanol–water partition coefficient (Wildman–Crippen LogP) is 1.88. The maximum atomic E-state index is 12.9. The Bertz CT molecular complexity index is 928. The van der Waals surface area contributed by atoms with E-state index in [9.17, 15) is 9.59 Å². The van der Waals surface area contributed by atoms with E-state index in [0.29, 0.717) is 30.4 Å². The summed E-state index contributed by atoms with van der Waals surface area (Å²) in [6.45, 7) is 1.25. The van der Waals surface area contributed by atoms with Gasteiger partial charge in [-0.25, -0.2) is 0 Å². The van der Waals surface area contributed by atoms with Crippen molar-refractivity contribution in [2.24, 2.45) is 16.8 Å². The second-order valence-corrected chi connectivity index (χ2v) is 7.56. The maximum absolute atomic E-state index is 12.9. The van der Waals surface area contributed by atoms with Crippen LogP contribution in [0, 0.1) is 11.8 Å². The van der Waals surface area contributed by atoms with Crippen LogP contribution in [0.1, 0.15) is 28.8 Å². The summed E-state index contributed by atoms with van der Waals surface area (Å²) < 4.78 is 0. The van der Waals surface area contributed by atoms with Gasteiger partial charge in [0.25, 0.3) is 11.8 Å². The number of hydrogen-bond donors (Lipinski definition) is 1. The first-order chi connectivity index (χ1) is 13.2. The molecule has 136 valence electrons. The largest absolute Gasteiger partial charge is 0.338 e. The van der Waals surface area contributed by atoms with Crippen LogP contribution in [0.3, 0.4) is 0 Å². The van der Waals surface area contributed by atoms with E-state index in [1.54, 1.807) is 24.5 Å². The highest BCUT2D eigenvalue weighted by Gasteiger charge is 2.59. The Morgan fingerprint density at radius 2 is 2.00 bits per heavy atom. The van der Waals surface area contributed by atoms with Gasteiger partial charge < -0.3 is 10.2 Å². The minimum atomic E-state index is -0.736. The summed E-state index contributed by atoms with van der Waals surface area (Å²) >= 11 is 0. The summed E-state index contributed by atoms with van der Waals surface area (Å²) in [7, 11) is 0. The summed E-state index contributed by atoms with van der Waals surface area (Å²) in [6, 6.07) is 13.3. The number of amides is 2. The van der Waals surface area contributed by atoms with Crippen LogP contribution < -0.4 is 5.32 Å². The summed E-state index contributed by atoms with van der Waals surface area (Å²) in [6.07, 6.45) is 4.92. The number of nitrogens with one attached hydrogen (secondary N) is 1. The first-order valence-corrected chi connectivity index (χ1v) is 9.33. The van der Waals surface area contributed by atoms with E-state index < -0.39 is 5.54 Å². The third-order valence-electron chi connectivity index (χ3n) is 6.13. The number of hydrogen-bond acceptors (Lipinski definition) is 4. The van der Waals surface area contributed by atoms with Crippen LogP contribution in [0.15, 0.2) is 59.9 Å². The highest BCUT2D eigenvalue weighted by Crippen LogP contribution is 2.49. The summed E-state index contributed by atoms with van der Waals surface area (Å²) in [5, 5.41) is 2.99. The fraction of sp³-hybridized carbons (Fsp3) is 0.333. The molecule has 1 spiro atoms. The van der Waals surface area contributed by atoms with Crippen LogP contribution in [-0.2, 0) is 4.79 Å². The van der Waals surface area contributed by atoms with Gasteiger partial charge in [0, 0.05) is 37.0 Å². The average molecular weight is 360 g/mol. The minimum Gasteiger partial charge on any atom is -0.338 e. The molecule has 2 amide bonds. The lowest BCUT2D eigenvalue weighted by molar-refractivity contribution is -0.124. The van der Waals surface area contributed by atoms with Crippen LogP contribution in [0.25, 0.3) is 0 Å². The molecule has 1 aromatic carbocycles. The zero-order valence-electron chi connectivity index (χ0n) is 14.8. The molecule has 1 saturated carbocycles. The maximum Gasteiger partial charge on any atom is 0.255 e. The molecule has 2 fully saturated rings. The number of amidine groups is 1. The van der Waals surface area contributed by atoms with Gasteiger partial charge in [0.05, 0.1) is 5.56 Å². The quantitative estimate of drug-likeness (QED) is 0.889. The zero-order chi connectivity index (χ0) is 18.4. The number of benzene rings is 1. The Morgan fingerprint density at radius 3 is 2.78 bits per heavy atom. The molecule has 6 nitrogen and oxygen atoms in total. The minimum absolute atomic E-state index is 0.0154. The van der Waals surface area contributed by atoms with E-state index in [1.165, 1.54) is 0 Å². The van der Waals surface area contributed by atoms with Crippen LogP contribution >= 0.6 is 0 Å². The number of pyridine rings is 1. The highest BCUT2D eigenvalue weighted by molar-refractivity contribution is 6.15. The van der Waals surface area contributed by atoms with Crippen molar-refractivity contribution in [3.63, 3.8) is 0 Å². The molecular formula is C21H20N4O2. The van der Waals surface area contributed by atoms with Gasteiger partial charge in [0.1, 0.15) is 11.4 Å². The molecule has 1 saturated heterocycles. The molecule has 1 aromatic heterocycles. The Labute approximate surface area is 157 Å². The van der Waals surface area contributed by atoms with Gasteiger partial charge in [0.2, 0.25) is 0 Å². The van der Waals surface area contributed by atoms with E-state index in [-0.39, 0.29) is 17.7 Å². The number of aliphatic imine (C=N–C) groups is 1. The van der Waals surface area contributed by atoms with Crippen molar-refractivity contribution >= 4 is 17.6 Å². The number of carbonyl (C=O) groups is 2. The SMILES string of the molecule is O=C(c1cccnc1)N1C[C@H]2CC[C@@]3(N=C(c4ccccc4)NC3=O)[C@H]2C1. The summed E-state index contributed by atoms with van der Waals surface area (Å²) in [4.78, 5) is 36.5. The van der Waals surface area contributed by atoms with Gasteiger partial charge >= 0.3 is 0 Å². The standard InChI is InChI=1S/C21H20N4O2/c26-19(15-7-4-10-22-11-15)25-12-16-8-9-21(17(16)13-25)20(27)23-18(24-21)14-5-2-1-3-6-14/h1-7,10-11,16-17H,8-9,12-13H2,(H,23,24,27)/t16-,17+,21-/m1/s1. The second-order valence-electron chi connectivity index (χ2n) is 7.56. The Morgan fingerprint density at radius 1 is 1.15 bits per heavy atom. The van der Waals surface area contributed by atoms with Crippen molar-refractivity contribution < 1.29 is 9.59 Å². The van der Waals surface area contributed by atoms with Crippen molar-refractivity contribution in [2.75, 3.05) is 13.1 Å². The van der Waals surface area contributed by atoms with Gasteiger partial charge in [-0.2, -0.15) is 0 Å². The highest BCUT2D eigenvalue weighted by atomic mass is 16.2. The normalized spacial score (nSPS) is 29.0. The molecule has 6 heteroatoms. The van der Waals surface area contributed by atoms with E-state index in [2.05, 4.69) is 10.3 Å². The van der Waals surface area contributed by atoms with E-state index >= 15 is 0 Å². The van der Waals surface area contributed by atoms with Crippen LogP contribution in [0.2, 0.25) is 0 Å². The third kappa shape index (κ3) is 2.47. The molecule has 2 aromatic rings. The van der Waals surface area contributed by atoms with Gasteiger partial charge in [-0.1, -0.05) is 30.3 Å². The molecule has 3 aliphatic rings. The van der Waals surface area contributed by atoms with Crippen molar-refractivity contribution in [3.05, 3.63) is 66.0 Å². The summed E-state index contributed by atoms with van der Waals surface area (Å²) in [5.41, 5.74) is 0.781. The lowest BCUT2D eigenvalue weighted by atomic mass is 9.85. The Hall–Kier alpha value is -3.02. The number of fused-ring (bicyclic) bond motifs is 2. The lowest BCUT2D eigenvalue weighted by Crippen LogP contribution is -2.45. The van der Waals surface area contributed by atoms with Gasteiger partial charge in [-0.05, 0) is 30.9 Å². The topological polar surface area (TPSA) is 74.7 Å². The van der Waals surface area contributed by atoms with Crippen molar-refractivity contribution in [1.29, 1.82) is 0 Å². The van der Waals surface area contributed by atoms with Crippen molar-refractivity contribution in [3.8, 4) is 0 Å². The zero-order valence-corrected chi connectivity index (χ0v) is 14.8. The molecule has 3 heterocycles. The van der Waals surface area contributed by atoms with Crippen LogP contribution in [0.5, 0.6) is 0 Å². The van der Waals surface area contributed by atoms with Gasteiger partial charge in [0.15, 0.2) is 0 Å². The van der Waals surface area contributed by atoms with E-state index in [0.717, 1.165) is 18.4 Å². The Kier molecular flexibility index (Phi) is 3.60. The fourth-order valence-electron chi connectivity index (χ4n) is 4.78. The number of carbonyl (C=O) groups excluding carboxylic acids is 2. The Balaban J connectivity index is 1.42. The van der Waals surface area contributed by atoms with Crippen LogP contribution in [-0.4, -0.2) is 46.2 Å². The van der Waals surface area contributed by atoms with E-state index in [4.69, 9.17) is 4.99 Å². The number of likely N-dealkylation sites (tertiary alicyclic amines) is 1. The smallest absolute Gasteiger partial charge is 0.255 e.